The summed E-state index contributed by atoms with van der Waals surface area (Å²) >= 11 is 1.38. The number of benzene rings is 1. The average molecular weight is 376 g/mol. The van der Waals surface area contributed by atoms with E-state index in [0.29, 0.717) is 0 Å². The number of nitrogens with two attached hydrogens (primary N) is 1. The van der Waals surface area contributed by atoms with Crippen molar-refractivity contribution in [3.8, 4) is 0 Å². The van der Waals surface area contributed by atoms with Crippen molar-refractivity contribution in [2.45, 2.75) is 43.8 Å². The Morgan fingerprint density at radius 1 is 1.12 bits per heavy atom. The van der Waals surface area contributed by atoms with E-state index in [2.05, 4.69) is 32.7 Å². The quantitative estimate of drug-likeness (QED) is 0.682. The summed E-state index contributed by atoms with van der Waals surface area (Å²) in [6.45, 7) is 8.31. The lowest BCUT2D eigenvalue weighted by Crippen LogP contribution is -2.09. The Bertz CT molecular complexity index is 839. The molecular formula is C19H25N3OS2. The van der Waals surface area contributed by atoms with Gasteiger partial charge in [-0.3, -0.25) is 5.14 Å². The zero-order chi connectivity index (χ0) is 18.4. The molecule has 0 saturated heterocycles. The average Bonchev–Trinajstić information content (AvgIpc) is 3.04. The van der Waals surface area contributed by atoms with Crippen LogP contribution in [0.15, 0.2) is 59.6 Å². The highest BCUT2D eigenvalue weighted by molar-refractivity contribution is 7.98. The van der Waals surface area contributed by atoms with E-state index in [4.69, 9.17) is 5.14 Å². The van der Waals surface area contributed by atoms with E-state index < -0.39 is 11.0 Å². The number of fused-ring (bicyclic) bond motifs is 1. The molecular weight excluding hydrogens is 350 g/mol. The Kier molecular flexibility index (Phi) is 6.81. The second-order valence-corrected chi connectivity index (χ2v) is 9.33. The molecule has 2 N–H and O–H groups in total. The summed E-state index contributed by atoms with van der Waals surface area (Å²) in [7, 11) is -1.25. The Morgan fingerprint density at radius 3 is 2.32 bits per heavy atom. The van der Waals surface area contributed by atoms with E-state index in [0.717, 1.165) is 28.0 Å². The van der Waals surface area contributed by atoms with Crippen LogP contribution >= 0.6 is 11.9 Å². The maximum Gasteiger partial charge on any atom is 0.158 e. The molecule has 0 bridgehead atoms. The minimum absolute atomic E-state index is 0.236. The molecule has 0 radical (unpaired) electrons. The highest BCUT2D eigenvalue weighted by Crippen LogP contribution is 2.18. The number of hydrogen-bond acceptors (Lipinski definition) is 4. The maximum atomic E-state index is 12.6. The van der Waals surface area contributed by atoms with Gasteiger partial charge < -0.3 is 0 Å². The molecule has 25 heavy (non-hydrogen) atoms. The molecule has 0 saturated carbocycles. The van der Waals surface area contributed by atoms with Gasteiger partial charge in [0.1, 0.15) is 0 Å². The lowest BCUT2D eigenvalue weighted by molar-refractivity contribution is 0.678. The highest BCUT2D eigenvalue weighted by atomic mass is 32.2. The molecule has 1 unspecified atom stereocenters. The molecule has 2 heterocycles. The van der Waals surface area contributed by atoms with Crippen LogP contribution in [0.3, 0.4) is 0 Å². The van der Waals surface area contributed by atoms with Crippen molar-refractivity contribution in [1.82, 2.24) is 8.96 Å². The third-order valence-corrected chi connectivity index (χ3v) is 5.43. The maximum absolute atomic E-state index is 12.6. The number of pyridine rings is 1. The Hall–Kier alpha value is -1.63. The van der Waals surface area contributed by atoms with Gasteiger partial charge in [0.15, 0.2) is 16.6 Å². The Morgan fingerprint density at radius 2 is 1.76 bits per heavy atom. The molecule has 0 aliphatic heterocycles. The number of hydrogen-bond donors (Lipinski definition) is 1. The molecule has 1 atom stereocenters. The zero-order valence-corrected chi connectivity index (χ0v) is 16.7. The van der Waals surface area contributed by atoms with E-state index in [1.807, 2.05) is 54.7 Å². The molecule has 3 aromatic rings. The highest BCUT2D eigenvalue weighted by Gasteiger charge is 2.10. The van der Waals surface area contributed by atoms with Crippen LogP contribution in [-0.4, -0.2) is 17.9 Å². The summed E-state index contributed by atoms with van der Waals surface area (Å²) < 4.78 is 14.5. The van der Waals surface area contributed by atoms with Crippen LogP contribution < -0.4 is 5.14 Å². The molecule has 0 aliphatic rings. The van der Waals surface area contributed by atoms with Crippen molar-refractivity contribution < 1.29 is 4.21 Å². The van der Waals surface area contributed by atoms with E-state index in [-0.39, 0.29) is 4.75 Å². The fraction of sp³-hybridized carbons (Fsp3) is 0.316. The first-order chi connectivity index (χ1) is 11.9. The van der Waals surface area contributed by atoms with Crippen molar-refractivity contribution in [3.63, 3.8) is 0 Å². The first-order valence-corrected chi connectivity index (χ1v) is 10.2. The normalized spacial score (nSPS) is 12.5. The van der Waals surface area contributed by atoms with Crippen LogP contribution in [0.4, 0.5) is 0 Å². The number of aromatic nitrogens is 2. The van der Waals surface area contributed by atoms with Crippen LogP contribution in [0.5, 0.6) is 0 Å². The molecule has 134 valence electrons. The monoisotopic (exact) mass is 375 g/mol. The van der Waals surface area contributed by atoms with Crippen molar-refractivity contribution in [3.05, 3.63) is 60.4 Å². The van der Waals surface area contributed by atoms with Crippen molar-refractivity contribution in [2.24, 2.45) is 5.14 Å². The second kappa shape index (κ2) is 8.65. The number of nitrogens with zero attached hydrogens (tertiary/aromatic N) is 2. The van der Waals surface area contributed by atoms with Gasteiger partial charge in [0.2, 0.25) is 0 Å². The molecule has 1 aromatic carbocycles. The first-order valence-electron chi connectivity index (χ1n) is 8.18. The summed E-state index contributed by atoms with van der Waals surface area (Å²) in [5.41, 5.74) is 1.79. The third-order valence-electron chi connectivity index (χ3n) is 3.40. The lowest BCUT2D eigenvalue weighted by Gasteiger charge is -2.11. The number of rotatable bonds is 3. The predicted octanol–water partition coefficient (Wildman–Crippen LogP) is 4.56. The third kappa shape index (κ3) is 5.42. The van der Waals surface area contributed by atoms with Gasteiger partial charge in [0.25, 0.3) is 0 Å². The second-order valence-electron chi connectivity index (χ2n) is 6.50. The largest absolute Gasteiger partial charge is 0.277 e. The van der Waals surface area contributed by atoms with Gasteiger partial charge >= 0.3 is 0 Å². The van der Waals surface area contributed by atoms with E-state index in [1.54, 1.807) is 3.97 Å². The number of aryl methyl sites for hydroxylation is 1. The van der Waals surface area contributed by atoms with Gasteiger partial charge in [-0.15, -0.1) is 0 Å². The first kappa shape index (κ1) is 19.7. The van der Waals surface area contributed by atoms with E-state index >= 15 is 0 Å². The Balaban J connectivity index is 0.000000326. The smallest absolute Gasteiger partial charge is 0.158 e. The standard InChI is InChI=1S/C15H14N2OS.C4H11NS/c1-2-13-9-8-12-10-11-17(15(12)16-13)19(18)14-6-4-3-5-7-14;1-4(2,3)6-5/h3-11H,2H2,1H3;5H2,1-3H3. The van der Waals surface area contributed by atoms with Crippen LogP contribution in [0.25, 0.3) is 11.0 Å². The predicted molar refractivity (Wildman–Crippen MR) is 109 cm³/mol. The molecule has 0 aliphatic carbocycles. The summed E-state index contributed by atoms with van der Waals surface area (Å²) in [4.78, 5) is 5.35. The SMILES string of the molecule is CC(C)(C)SN.CCc1ccc2ccn(S(=O)c3ccccc3)c2n1. The molecule has 0 amide bonds. The van der Waals surface area contributed by atoms with E-state index in [1.165, 1.54) is 11.9 Å². The van der Waals surface area contributed by atoms with Gasteiger partial charge in [-0.1, -0.05) is 37.1 Å². The van der Waals surface area contributed by atoms with Gasteiger partial charge in [-0.2, -0.15) is 0 Å². The zero-order valence-electron chi connectivity index (χ0n) is 15.1. The molecule has 3 rings (SSSR count). The summed E-state index contributed by atoms with van der Waals surface area (Å²) in [6, 6.07) is 15.4. The van der Waals surface area contributed by atoms with Gasteiger partial charge in [0.05, 0.1) is 4.90 Å². The summed E-state index contributed by atoms with van der Waals surface area (Å²) in [5, 5.41) is 6.24. The van der Waals surface area contributed by atoms with Gasteiger partial charge in [-0.05, 0) is 57.5 Å². The molecule has 6 heteroatoms. The summed E-state index contributed by atoms with van der Waals surface area (Å²) in [6.07, 6.45) is 2.71. The molecule has 4 nitrogen and oxygen atoms in total. The van der Waals surface area contributed by atoms with Crippen LogP contribution in [0.2, 0.25) is 0 Å². The fourth-order valence-electron chi connectivity index (χ4n) is 2.00. The fourth-order valence-corrected chi connectivity index (χ4v) is 3.10. The lowest BCUT2D eigenvalue weighted by atomic mass is 10.2. The van der Waals surface area contributed by atoms with Gasteiger partial charge in [-0.25, -0.2) is 13.2 Å². The van der Waals surface area contributed by atoms with Crippen molar-refractivity contribution in [1.29, 1.82) is 0 Å². The van der Waals surface area contributed by atoms with E-state index in [9.17, 15) is 4.21 Å². The minimum Gasteiger partial charge on any atom is -0.277 e. The van der Waals surface area contributed by atoms with Crippen LogP contribution in [0.1, 0.15) is 33.4 Å². The van der Waals surface area contributed by atoms with Gasteiger partial charge in [0, 0.05) is 22.0 Å². The molecule has 0 spiro atoms. The summed E-state index contributed by atoms with van der Waals surface area (Å²) in [5.74, 6) is 0. The van der Waals surface area contributed by atoms with Crippen LogP contribution in [-0.2, 0) is 17.4 Å². The molecule has 0 fully saturated rings. The van der Waals surface area contributed by atoms with Crippen LogP contribution in [0, 0.1) is 0 Å². The van der Waals surface area contributed by atoms with Crippen molar-refractivity contribution >= 4 is 34.0 Å². The molecule has 2 aromatic heterocycles. The topological polar surface area (TPSA) is 60.9 Å². The Labute approximate surface area is 156 Å². The minimum atomic E-state index is -1.25. The van der Waals surface area contributed by atoms with Crippen molar-refractivity contribution in [2.75, 3.05) is 0 Å².